The second-order valence-electron chi connectivity index (χ2n) is 3.41. The summed E-state index contributed by atoms with van der Waals surface area (Å²) in [6.07, 6.45) is 0.148. The number of anilines is 1. The second-order valence-corrected chi connectivity index (χ2v) is 3.41. The molecular weight excluding hydrogens is 213 g/mol. The van der Waals surface area contributed by atoms with Crippen molar-refractivity contribution in [3.63, 3.8) is 0 Å². The normalized spacial score (nSPS) is 13.2. The Bertz CT molecular complexity index is 471. The number of hydrogen-bond donors (Lipinski definition) is 1. The molecule has 16 heavy (non-hydrogen) atoms. The van der Waals surface area contributed by atoms with Crippen LogP contribution in [0.4, 0.5) is 10.1 Å². The number of carbonyl (C=O) groups excluding carboxylic acids is 2. The average Bonchev–Trinajstić information content (AvgIpc) is 2.60. The van der Waals surface area contributed by atoms with Crippen molar-refractivity contribution in [3.8, 4) is 0 Å². The summed E-state index contributed by atoms with van der Waals surface area (Å²) >= 11 is 0. The first-order chi connectivity index (χ1) is 7.63. The molecule has 0 radical (unpaired) electrons. The Kier molecular flexibility index (Phi) is 2.60. The van der Waals surface area contributed by atoms with Crippen molar-refractivity contribution in [2.24, 2.45) is 0 Å². The van der Waals surface area contributed by atoms with Crippen molar-refractivity contribution in [2.75, 3.05) is 11.9 Å². The first kappa shape index (κ1) is 10.6. The van der Waals surface area contributed by atoms with Crippen LogP contribution in [0.15, 0.2) is 12.1 Å². The maximum Gasteiger partial charge on any atom is 0.341 e. The predicted molar refractivity (Wildman–Crippen MR) is 54.7 cm³/mol. The van der Waals surface area contributed by atoms with Gasteiger partial charge in [-0.25, -0.2) is 9.18 Å². The van der Waals surface area contributed by atoms with Gasteiger partial charge in [0.2, 0.25) is 5.91 Å². The van der Waals surface area contributed by atoms with E-state index in [9.17, 15) is 14.0 Å². The highest BCUT2D eigenvalue weighted by molar-refractivity contribution is 6.01. The lowest BCUT2D eigenvalue weighted by Crippen LogP contribution is -2.09. The maximum atomic E-state index is 13.8. The first-order valence-corrected chi connectivity index (χ1v) is 4.91. The van der Waals surface area contributed by atoms with Gasteiger partial charge in [0.15, 0.2) is 5.82 Å². The highest BCUT2D eigenvalue weighted by Crippen LogP contribution is 2.28. The number of amides is 1. The molecule has 1 aromatic carbocycles. The number of esters is 1. The van der Waals surface area contributed by atoms with Crippen LogP contribution in [-0.2, 0) is 16.0 Å². The van der Waals surface area contributed by atoms with E-state index in [1.807, 2.05) is 0 Å². The van der Waals surface area contributed by atoms with Gasteiger partial charge in [0, 0.05) is 0 Å². The topological polar surface area (TPSA) is 55.4 Å². The lowest BCUT2D eigenvalue weighted by Gasteiger charge is -2.06. The van der Waals surface area contributed by atoms with Crippen LogP contribution in [0.25, 0.3) is 0 Å². The van der Waals surface area contributed by atoms with Gasteiger partial charge in [0.05, 0.1) is 24.3 Å². The van der Waals surface area contributed by atoms with Crippen molar-refractivity contribution in [1.29, 1.82) is 0 Å². The number of rotatable bonds is 2. The molecule has 0 aliphatic carbocycles. The summed E-state index contributed by atoms with van der Waals surface area (Å²) < 4.78 is 18.5. The summed E-state index contributed by atoms with van der Waals surface area (Å²) in [4.78, 5) is 22.4. The Morgan fingerprint density at radius 1 is 1.56 bits per heavy atom. The van der Waals surface area contributed by atoms with Gasteiger partial charge in [-0.3, -0.25) is 4.79 Å². The van der Waals surface area contributed by atoms with E-state index in [2.05, 4.69) is 5.32 Å². The average molecular weight is 223 g/mol. The molecule has 1 N–H and O–H groups in total. The Balaban J connectivity index is 2.40. The minimum Gasteiger partial charge on any atom is -0.462 e. The summed E-state index contributed by atoms with van der Waals surface area (Å²) in [7, 11) is 0. The van der Waals surface area contributed by atoms with E-state index in [1.165, 1.54) is 6.07 Å². The van der Waals surface area contributed by atoms with E-state index < -0.39 is 11.8 Å². The number of hydrogen-bond acceptors (Lipinski definition) is 3. The van der Waals surface area contributed by atoms with Gasteiger partial charge in [-0.15, -0.1) is 0 Å². The zero-order valence-corrected chi connectivity index (χ0v) is 8.67. The van der Waals surface area contributed by atoms with E-state index in [0.717, 1.165) is 0 Å². The number of ether oxygens (including phenoxy) is 1. The lowest BCUT2D eigenvalue weighted by molar-refractivity contribution is -0.115. The summed E-state index contributed by atoms with van der Waals surface area (Å²) in [6, 6.07) is 2.90. The molecule has 4 nitrogen and oxygen atoms in total. The molecule has 0 saturated heterocycles. The number of halogens is 1. The van der Waals surface area contributed by atoms with Gasteiger partial charge in [0.25, 0.3) is 0 Å². The van der Waals surface area contributed by atoms with E-state index in [0.29, 0.717) is 5.56 Å². The molecule has 0 bridgehead atoms. The van der Waals surface area contributed by atoms with Crippen molar-refractivity contribution in [3.05, 3.63) is 29.1 Å². The van der Waals surface area contributed by atoms with Gasteiger partial charge in [-0.05, 0) is 18.6 Å². The number of nitrogens with one attached hydrogen (secondary N) is 1. The number of benzene rings is 1. The molecule has 2 rings (SSSR count). The molecular formula is C11H10FNO3. The van der Waals surface area contributed by atoms with Gasteiger partial charge < -0.3 is 10.1 Å². The van der Waals surface area contributed by atoms with Gasteiger partial charge in [-0.2, -0.15) is 0 Å². The Labute approximate surface area is 91.4 Å². The maximum absolute atomic E-state index is 13.8. The van der Waals surface area contributed by atoms with Gasteiger partial charge in [-0.1, -0.05) is 6.07 Å². The van der Waals surface area contributed by atoms with Crippen LogP contribution in [0.1, 0.15) is 22.8 Å². The Morgan fingerprint density at radius 2 is 2.31 bits per heavy atom. The fraction of sp³-hybridized carbons (Fsp3) is 0.273. The predicted octanol–water partition coefficient (Wildman–Crippen LogP) is 1.50. The Hall–Kier alpha value is -1.91. The van der Waals surface area contributed by atoms with Crippen molar-refractivity contribution in [2.45, 2.75) is 13.3 Å². The molecule has 1 heterocycles. The van der Waals surface area contributed by atoms with E-state index in [1.54, 1.807) is 13.0 Å². The first-order valence-electron chi connectivity index (χ1n) is 4.91. The van der Waals surface area contributed by atoms with Gasteiger partial charge >= 0.3 is 5.97 Å². The van der Waals surface area contributed by atoms with Crippen LogP contribution in [-0.4, -0.2) is 18.5 Å². The monoisotopic (exact) mass is 223 g/mol. The summed E-state index contributed by atoms with van der Waals surface area (Å²) in [5.74, 6) is -1.71. The van der Waals surface area contributed by atoms with Crippen LogP contribution in [0, 0.1) is 5.82 Å². The Morgan fingerprint density at radius 3 is 3.00 bits per heavy atom. The third-order valence-corrected chi connectivity index (χ3v) is 2.34. The molecule has 0 aromatic heterocycles. The molecule has 1 aromatic rings. The molecule has 1 aliphatic heterocycles. The van der Waals surface area contributed by atoms with Crippen molar-refractivity contribution in [1.82, 2.24) is 0 Å². The molecule has 84 valence electrons. The van der Waals surface area contributed by atoms with Crippen molar-refractivity contribution < 1.29 is 18.7 Å². The number of carbonyl (C=O) groups is 2. The molecule has 5 heteroatoms. The summed E-state index contributed by atoms with van der Waals surface area (Å²) in [6.45, 7) is 1.83. The molecule has 0 unspecified atom stereocenters. The zero-order chi connectivity index (χ0) is 11.7. The van der Waals surface area contributed by atoms with E-state index in [-0.39, 0.29) is 30.2 Å². The molecule has 0 atom stereocenters. The standard InChI is InChI=1S/C11H10FNO3/c1-2-16-11(15)7-4-3-6-5-8(14)13-10(6)9(7)12/h3-4H,2,5H2,1H3,(H,13,14). The summed E-state index contributed by atoms with van der Waals surface area (Å²) in [5, 5.41) is 2.38. The fourth-order valence-electron chi connectivity index (χ4n) is 1.62. The molecule has 0 saturated carbocycles. The highest BCUT2D eigenvalue weighted by Gasteiger charge is 2.25. The zero-order valence-electron chi connectivity index (χ0n) is 8.67. The van der Waals surface area contributed by atoms with Gasteiger partial charge in [0.1, 0.15) is 0 Å². The van der Waals surface area contributed by atoms with Crippen LogP contribution >= 0.6 is 0 Å². The third kappa shape index (κ3) is 1.64. The van der Waals surface area contributed by atoms with Crippen LogP contribution in [0.5, 0.6) is 0 Å². The van der Waals surface area contributed by atoms with E-state index in [4.69, 9.17) is 4.74 Å². The smallest absolute Gasteiger partial charge is 0.341 e. The van der Waals surface area contributed by atoms with Crippen LogP contribution < -0.4 is 5.32 Å². The molecule has 0 spiro atoms. The van der Waals surface area contributed by atoms with E-state index >= 15 is 0 Å². The fourth-order valence-corrected chi connectivity index (χ4v) is 1.62. The second kappa shape index (κ2) is 3.92. The quantitative estimate of drug-likeness (QED) is 0.773. The molecule has 1 amide bonds. The number of fused-ring (bicyclic) bond motifs is 1. The molecule has 1 aliphatic rings. The third-order valence-electron chi connectivity index (χ3n) is 2.34. The largest absolute Gasteiger partial charge is 0.462 e. The minimum atomic E-state index is -0.721. The minimum absolute atomic E-state index is 0.0931. The lowest BCUT2D eigenvalue weighted by atomic mass is 10.1. The van der Waals surface area contributed by atoms with Crippen LogP contribution in [0.2, 0.25) is 0 Å². The molecule has 0 fully saturated rings. The van der Waals surface area contributed by atoms with Crippen LogP contribution in [0.3, 0.4) is 0 Å². The summed E-state index contributed by atoms with van der Waals surface area (Å²) in [5.41, 5.74) is 0.508. The highest BCUT2D eigenvalue weighted by atomic mass is 19.1. The SMILES string of the molecule is CCOC(=O)c1ccc2c(c1F)NC(=O)C2. The van der Waals surface area contributed by atoms with Crippen molar-refractivity contribution >= 4 is 17.6 Å².